The zero-order chi connectivity index (χ0) is 29.8. The summed E-state index contributed by atoms with van der Waals surface area (Å²) in [5.74, 6) is -1.83. The summed E-state index contributed by atoms with van der Waals surface area (Å²) in [6.45, 7) is -0.140. The third-order valence-electron chi connectivity index (χ3n) is 6.25. The van der Waals surface area contributed by atoms with Crippen LogP contribution in [0.25, 0.3) is 0 Å². The van der Waals surface area contributed by atoms with Crippen molar-refractivity contribution >= 4 is 44.9 Å². The Labute approximate surface area is 242 Å². The van der Waals surface area contributed by atoms with Crippen LogP contribution in [0.1, 0.15) is 34.6 Å². The second kappa shape index (κ2) is 15.5. The highest BCUT2D eigenvalue weighted by Crippen LogP contribution is 2.22. The van der Waals surface area contributed by atoms with Crippen molar-refractivity contribution in [3.8, 4) is 0 Å². The van der Waals surface area contributed by atoms with Gasteiger partial charge in [-0.2, -0.15) is 4.31 Å². The van der Waals surface area contributed by atoms with Crippen LogP contribution in [-0.4, -0.2) is 98.1 Å². The number of thiazole rings is 1. The molecule has 14 nitrogen and oxygen atoms in total. The molecule has 3 rings (SSSR count). The van der Waals surface area contributed by atoms with Crippen LogP contribution in [0, 0.1) is 0 Å². The fourth-order valence-corrected chi connectivity index (χ4v) is 6.72. The molecule has 5 N–H and O–H groups in total. The van der Waals surface area contributed by atoms with Crippen LogP contribution >= 0.6 is 11.3 Å². The van der Waals surface area contributed by atoms with Gasteiger partial charge in [-0.15, -0.1) is 11.3 Å². The van der Waals surface area contributed by atoms with Gasteiger partial charge >= 0.3 is 0 Å². The van der Waals surface area contributed by atoms with Crippen molar-refractivity contribution in [2.75, 3.05) is 39.9 Å². The lowest BCUT2D eigenvalue weighted by atomic mass is 10.1. The lowest BCUT2D eigenvalue weighted by Crippen LogP contribution is -2.60. The number of hydrogen-bond donors (Lipinski definition) is 3. The SMILES string of the molecule is COOCC[C@@H]1C(=O)N(CC(=O)N[C@@H](CCCN=C(N)N)C(=O)c2nccs2)CCN1S(=O)(=O)Cc1ccccc1. The minimum atomic E-state index is -3.87. The molecule has 2 amide bonds. The largest absolute Gasteiger partial charge is 0.370 e. The minimum absolute atomic E-state index is 0.00249. The molecule has 1 aliphatic rings. The van der Waals surface area contributed by atoms with Crippen molar-refractivity contribution in [3.63, 3.8) is 0 Å². The number of aliphatic imine (C=N–C) groups is 1. The number of rotatable bonds is 16. The van der Waals surface area contributed by atoms with Crippen molar-refractivity contribution in [2.45, 2.75) is 37.1 Å². The summed E-state index contributed by atoms with van der Waals surface area (Å²) in [7, 11) is -2.56. The average Bonchev–Trinajstić information content (AvgIpc) is 3.47. The zero-order valence-electron chi connectivity index (χ0n) is 22.7. The number of sulfonamides is 1. The fourth-order valence-electron chi connectivity index (χ4n) is 4.37. The summed E-state index contributed by atoms with van der Waals surface area (Å²) in [6.07, 6.45) is 2.18. The summed E-state index contributed by atoms with van der Waals surface area (Å²) in [5.41, 5.74) is 11.3. The Balaban J connectivity index is 1.70. The van der Waals surface area contributed by atoms with Gasteiger partial charge in [-0.25, -0.2) is 23.2 Å². The Morgan fingerprint density at radius 2 is 2.00 bits per heavy atom. The first-order valence-corrected chi connectivity index (χ1v) is 15.4. The molecule has 41 heavy (non-hydrogen) atoms. The van der Waals surface area contributed by atoms with E-state index in [4.69, 9.17) is 16.4 Å². The molecule has 224 valence electrons. The monoisotopic (exact) mass is 609 g/mol. The van der Waals surface area contributed by atoms with Gasteiger partial charge in [0.2, 0.25) is 27.6 Å². The van der Waals surface area contributed by atoms with Gasteiger partial charge in [-0.1, -0.05) is 30.3 Å². The Morgan fingerprint density at radius 3 is 2.66 bits per heavy atom. The number of carbonyl (C=O) groups excluding carboxylic acids is 3. The number of nitrogens with one attached hydrogen (secondary N) is 1. The first-order chi connectivity index (χ1) is 19.6. The van der Waals surface area contributed by atoms with E-state index in [0.717, 1.165) is 15.6 Å². The maximum Gasteiger partial charge on any atom is 0.241 e. The predicted octanol–water partition coefficient (Wildman–Crippen LogP) is -0.125. The van der Waals surface area contributed by atoms with Crippen molar-refractivity contribution < 1.29 is 32.6 Å². The Kier molecular flexibility index (Phi) is 12.2. The number of nitrogens with two attached hydrogens (primary N) is 2. The second-order valence-electron chi connectivity index (χ2n) is 9.18. The quantitative estimate of drug-likeness (QED) is 0.0575. The maximum absolute atomic E-state index is 13.5. The third kappa shape index (κ3) is 9.57. The number of nitrogens with zero attached hydrogens (tertiary/aromatic N) is 4. The summed E-state index contributed by atoms with van der Waals surface area (Å²) in [4.78, 5) is 58.3. The average molecular weight is 610 g/mol. The Hall–Kier alpha value is -3.44. The molecule has 0 spiro atoms. The van der Waals surface area contributed by atoms with Crippen molar-refractivity contribution in [1.29, 1.82) is 0 Å². The van der Waals surface area contributed by atoms with E-state index >= 15 is 0 Å². The van der Waals surface area contributed by atoms with Crippen molar-refractivity contribution in [1.82, 2.24) is 19.5 Å². The van der Waals surface area contributed by atoms with Crippen molar-refractivity contribution in [2.24, 2.45) is 16.5 Å². The standard InChI is InChI=1S/C25H35N7O7S2/c1-38-39-14-9-20-24(35)31(12-13-32(20)41(36,37)17-18-6-3-2-4-7-18)16-21(33)30-19(8-5-10-29-25(26)27)22(34)23-28-11-15-40-23/h2-4,6-7,11,15,19-20H,5,8-10,12-14,16-17H2,1H3,(H,30,33)(H4,26,27,29)/t19-,20+/m0/s1. The van der Waals surface area contributed by atoms with Gasteiger partial charge < -0.3 is 21.7 Å². The van der Waals surface area contributed by atoms with E-state index in [2.05, 4.69) is 20.2 Å². The van der Waals surface area contributed by atoms with Gasteiger partial charge in [0.05, 0.1) is 32.1 Å². The Bertz CT molecular complexity index is 1290. The van der Waals surface area contributed by atoms with Crippen LogP contribution in [-0.2, 0) is 35.1 Å². The molecule has 16 heteroatoms. The van der Waals surface area contributed by atoms with Gasteiger partial charge in [-0.3, -0.25) is 19.4 Å². The normalized spacial score (nSPS) is 16.8. The molecule has 0 radical (unpaired) electrons. The lowest BCUT2D eigenvalue weighted by Gasteiger charge is -2.39. The molecular weight excluding hydrogens is 574 g/mol. The molecule has 1 aromatic heterocycles. The number of carbonyl (C=O) groups is 3. The fraction of sp³-hybridized carbons (Fsp3) is 0.480. The second-order valence-corrected chi connectivity index (χ2v) is 12.0. The molecule has 0 bridgehead atoms. The number of benzene rings is 1. The number of piperazine rings is 1. The van der Waals surface area contributed by atoms with E-state index in [-0.39, 0.29) is 68.1 Å². The van der Waals surface area contributed by atoms with Crippen LogP contribution in [0.3, 0.4) is 0 Å². The zero-order valence-corrected chi connectivity index (χ0v) is 24.3. The molecule has 0 aliphatic carbocycles. The number of Topliss-reactive ketones (excluding diaryl/α,β-unsaturated/α-hetero) is 1. The molecule has 0 saturated carbocycles. The molecule has 2 heterocycles. The number of hydrogen-bond acceptors (Lipinski definition) is 10. The number of aromatic nitrogens is 1. The molecule has 1 fully saturated rings. The van der Waals surface area contributed by atoms with Gasteiger partial charge in [0.25, 0.3) is 0 Å². The third-order valence-corrected chi connectivity index (χ3v) is 8.89. The predicted molar refractivity (Wildman–Crippen MR) is 152 cm³/mol. The summed E-state index contributed by atoms with van der Waals surface area (Å²) >= 11 is 1.15. The van der Waals surface area contributed by atoms with Crippen molar-refractivity contribution in [3.05, 3.63) is 52.5 Å². The van der Waals surface area contributed by atoms with E-state index in [1.807, 2.05) is 0 Å². The van der Waals surface area contributed by atoms with E-state index in [1.165, 1.54) is 18.2 Å². The van der Waals surface area contributed by atoms with Crippen LogP contribution in [0.15, 0.2) is 46.9 Å². The van der Waals surface area contributed by atoms with Gasteiger partial charge in [0, 0.05) is 31.2 Å². The van der Waals surface area contributed by atoms with Crippen LogP contribution in [0.2, 0.25) is 0 Å². The molecule has 0 unspecified atom stereocenters. The van der Waals surface area contributed by atoms with E-state index in [9.17, 15) is 22.8 Å². The molecule has 1 saturated heterocycles. The first-order valence-electron chi connectivity index (χ1n) is 12.9. The molecule has 2 aromatic rings. The Morgan fingerprint density at radius 1 is 1.24 bits per heavy atom. The van der Waals surface area contributed by atoms with Crippen LogP contribution < -0.4 is 16.8 Å². The van der Waals surface area contributed by atoms with Gasteiger partial charge in [0.15, 0.2) is 11.0 Å². The minimum Gasteiger partial charge on any atom is -0.370 e. The molecule has 1 aliphatic heterocycles. The topological polar surface area (TPSA) is 200 Å². The van der Waals surface area contributed by atoms with Gasteiger partial charge in [-0.05, 0) is 24.8 Å². The lowest BCUT2D eigenvalue weighted by molar-refractivity contribution is -0.273. The summed E-state index contributed by atoms with van der Waals surface area (Å²) in [5, 5.41) is 4.59. The molecular formula is C25H35N7O7S2. The number of ketones is 1. The highest BCUT2D eigenvalue weighted by atomic mass is 32.2. The maximum atomic E-state index is 13.5. The smallest absolute Gasteiger partial charge is 0.241 e. The summed E-state index contributed by atoms with van der Waals surface area (Å²) in [6, 6.07) is 6.67. The van der Waals surface area contributed by atoms with E-state index in [1.54, 1.807) is 35.7 Å². The highest BCUT2D eigenvalue weighted by molar-refractivity contribution is 7.88. The highest BCUT2D eigenvalue weighted by Gasteiger charge is 2.41. The first kappa shape index (κ1) is 32.1. The molecule has 1 aromatic carbocycles. The van der Waals surface area contributed by atoms with E-state index < -0.39 is 33.9 Å². The van der Waals surface area contributed by atoms with E-state index in [0.29, 0.717) is 12.0 Å². The number of guanidine groups is 1. The van der Waals surface area contributed by atoms with Gasteiger partial charge in [0.1, 0.15) is 6.04 Å². The van der Waals surface area contributed by atoms with Crippen LogP contribution in [0.5, 0.6) is 0 Å². The summed E-state index contributed by atoms with van der Waals surface area (Å²) < 4.78 is 27.8. The van der Waals surface area contributed by atoms with Crippen LogP contribution in [0.4, 0.5) is 0 Å². The number of amides is 2. The molecule has 2 atom stereocenters.